The van der Waals surface area contributed by atoms with Crippen LogP contribution in [-0.2, 0) is 14.8 Å². The molecule has 1 amide bonds. The Hall–Kier alpha value is -4.19. The summed E-state index contributed by atoms with van der Waals surface area (Å²) in [5, 5.41) is 16.2. The number of rotatable bonds is 9. The maximum absolute atomic E-state index is 13.4. The summed E-state index contributed by atoms with van der Waals surface area (Å²) < 4.78 is 33.3. The Morgan fingerprint density at radius 3 is 2.45 bits per heavy atom. The van der Waals surface area contributed by atoms with Gasteiger partial charge in [-0.15, -0.1) is 0 Å². The fraction of sp³-hybridized carbons (Fsp3) is 0.0400. The number of anilines is 1. The van der Waals surface area contributed by atoms with E-state index >= 15 is 0 Å². The molecule has 0 radical (unpaired) electrons. The molecule has 0 fully saturated rings. The molecule has 0 aliphatic carbocycles. The molecule has 0 spiro atoms. The van der Waals surface area contributed by atoms with Crippen LogP contribution < -0.4 is 9.73 Å². The van der Waals surface area contributed by atoms with Gasteiger partial charge in [0, 0.05) is 16.7 Å². The number of carbonyl (C=O) groups is 1. The lowest BCUT2D eigenvalue weighted by Crippen LogP contribution is -2.39. The zero-order valence-electron chi connectivity index (χ0n) is 19.3. The molecule has 194 valence electrons. The van der Waals surface area contributed by atoms with Gasteiger partial charge in [-0.1, -0.05) is 53.5 Å². The molecule has 0 unspecified atom stereocenters. The number of amides is 1. The standard InChI is InChI=1S/C25H18Cl2N4O6S/c26-17-10-12-20(21(27)14-17)23-13-11-19(37-23)15-28-29-25(32)16-30(18-6-2-1-3-7-18)38(35,36)24-9-5-4-8-22(24)31(33)34/h1-15H,16H2,(H,29,32)/b28-15+. The molecular formula is C25H18Cl2N4O6S. The average Bonchev–Trinajstić information content (AvgIpc) is 3.36. The van der Waals surface area contributed by atoms with Crippen LogP contribution in [0.15, 0.2) is 99.3 Å². The number of furan rings is 1. The molecule has 0 atom stereocenters. The van der Waals surface area contributed by atoms with Crippen molar-refractivity contribution in [2.24, 2.45) is 5.10 Å². The SMILES string of the molecule is O=C(CN(c1ccccc1)S(=O)(=O)c1ccccc1[N+](=O)[O-])N/N=C/c1ccc(-c2ccc(Cl)cc2Cl)o1. The molecule has 10 nitrogen and oxygen atoms in total. The lowest BCUT2D eigenvalue weighted by Gasteiger charge is -2.23. The van der Waals surface area contributed by atoms with Gasteiger partial charge in [-0.25, -0.2) is 13.8 Å². The van der Waals surface area contributed by atoms with Gasteiger partial charge in [-0.2, -0.15) is 5.10 Å². The second-order valence-electron chi connectivity index (χ2n) is 7.69. The Morgan fingerprint density at radius 2 is 1.74 bits per heavy atom. The fourth-order valence-electron chi connectivity index (χ4n) is 3.44. The van der Waals surface area contributed by atoms with E-state index in [1.165, 1.54) is 30.5 Å². The van der Waals surface area contributed by atoms with E-state index in [9.17, 15) is 23.3 Å². The highest BCUT2D eigenvalue weighted by molar-refractivity contribution is 7.93. The van der Waals surface area contributed by atoms with Gasteiger partial charge in [-0.3, -0.25) is 19.2 Å². The van der Waals surface area contributed by atoms with Gasteiger partial charge >= 0.3 is 0 Å². The number of nitrogens with one attached hydrogen (secondary N) is 1. The van der Waals surface area contributed by atoms with Crippen molar-refractivity contribution in [2.75, 3.05) is 10.8 Å². The van der Waals surface area contributed by atoms with Crippen molar-refractivity contribution in [3.63, 3.8) is 0 Å². The minimum Gasteiger partial charge on any atom is -0.455 e. The van der Waals surface area contributed by atoms with Gasteiger partial charge in [0.05, 0.1) is 21.8 Å². The van der Waals surface area contributed by atoms with Gasteiger partial charge in [0.1, 0.15) is 18.1 Å². The highest BCUT2D eigenvalue weighted by Crippen LogP contribution is 2.32. The van der Waals surface area contributed by atoms with Crippen molar-refractivity contribution < 1.29 is 22.6 Å². The van der Waals surface area contributed by atoms with Crippen LogP contribution in [0.3, 0.4) is 0 Å². The first kappa shape index (κ1) is 26.9. The molecule has 0 saturated heterocycles. The molecular weight excluding hydrogens is 555 g/mol. The first-order valence-corrected chi connectivity index (χ1v) is 13.0. The maximum atomic E-state index is 13.4. The van der Waals surface area contributed by atoms with Crippen LogP contribution in [0.4, 0.5) is 11.4 Å². The molecule has 0 aliphatic heterocycles. The lowest BCUT2D eigenvalue weighted by molar-refractivity contribution is -0.387. The summed E-state index contributed by atoms with van der Waals surface area (Å²) >= 11 is 12.1. The Kier molecular flexibility index (Phi) is 8.10. The highest BCUT2D eigenvalue weighted by atomic mass is 35.5. The number of carbonyl (C=O) groups excluding carboxylic acids is 1. The minimum atomic E-state index is -4.50. The molecule has 0 aliphatic rings. The molecule has 13 heteroatoms. The molecule has 1 N–H and O–H groups in total. The fourth-order valence-corrected chi connectivity index (χ4v) is 5.53. The number of para-hydroxylation sites is 2. The molecule has 4 aromatic rings. The second-order valence-corrected chi connectivity index (χ2v) is 10.4. The third kappa shape index (κ3) is 6.02. The van der Waals surface area contributed by atoms with Crippen LogP contribution in [0.25, 0.3) is 11.3 Å². The van der Waals surface area contributed by atoms with Crippen LogP contribution in [0, 0.1) is 10.1 Å². The Morgan fingerprint density at radius 1 is 1.03 bits per heavy atom. The van der Waals surface area contributed by atoms with E-state index in [-0.39, 0.29) is 5.69 Å². The summed E-state index contributed by atoms with van der Waals surface area (Å²) in [7, 11) is -4.50. The molecule has 3 aromatic carbocycles. The van der Waals surface area contributed by atoms with Gasteiger partial charge in [-0.05, 0) is 48.5 Å². The summed E-state index contributed by atoms with van der Waals surface area (Å²) in [5.41, 5.74) is 2.39. The van der Waals surface area contributed by atoms with E-state index in [0.29, 0.717) is 27.1 Å². The average molecular weight is 573 g/mol. The molecule has 1 heterocycles. The lowest BCUT2D eigenvalue weighted by atomic mass is 10.2. The van der Waals surface area contributed by atoms with E-state index in [1.54, 1.807) is 48.5 Å². The van der Waals surface area contributed by atoms with Crippen LogP contribution in [0.1, 0.15) is 5.76 Å². The topological polar surface area (TPSA) is 135 Å². The first-order valence-electron chi connectivity index (χ1n) is 10.8. The van der Waals surface area contributed by atoms with Crippen molar-refractivity contribution in [1.29, 1.82) is 0 Å². The van der Waals surface area contributed by atoms with Crippen molar-refractivity contribution in [1.82, 2.24) is 5.43 Å². The van der Waals surface area contributed by atoms with Gasteiger partial charge in [0.15, 0.2) is 4.90 Å². The summed E-state index contributed by atoms with van der Waals surface area (Å²) in [6.45, 7) is -0.695. The van der Waals surface area contributed by atoms with E-state index in [4.69, 9.17) is 27.6 Å². The third-order valence-corrected chi connectivity index (χ3v) is 7.53. The molecule has 4 rings (SSSR count). The summed E-state index contributed by atoms with van der Waals surface area (Å²) in [4.78, 5) is 22.8. The van der Waals surface area contributed by atoms with Crippen LogP contribution in [-0.4, -0.2) is 32.0 Å². The molecule has 0 saturated carbocycles. The molecule has 38 heavy (non-hydrogen) atoms. The monoisotopic (exact) mass is 572 g/mol. The number of nitrogens with zero attached hydrogens (tertiary/aromatic N) is 3. The number of hydrazone groups is 1. The number of nitro groups is 1. The quantitative estimate of drug-likeness (QED) is 0.159. The van der Waals surface area contributed by atoms with Crippen molar-refractivity contribution in [2.45, 2.75) is 4.90 Å². The zero-order valence-corrected chi connectivity index (χ0v) is 21.7. The van der Waals surface area contributed by atoms with Gasteiger partial charge < -0.3 is 4.42 Å². The Bertz CT molecular complexity index is 1620. The van der Waals surface area contributed by atoms with Crippen molar-refractivity contribution >= 4 is 56.7 Å². The summed E-state index contributed by atoms with van der Waals surface area (Å²) in [6.07, 6.45) is 1.23. The highest BCUT2D eigenvalue weighted by Gasteiger charge is 2.33. The third-order valence-electron chi connectivity index (χ3n) is 5.17. The largest absolute Gasteiger partial charge is 0.455 e. The zero-order chi connectivity index (χ0) is 27.3. The van der Waals surface area contributed by atoms with Crippen LogP contribution in [0.5, 0.6) is 0 Å². The number of hydrogen-bond donors (Lipinski definition) is 1. The smallest absolute Gasteiger partial charge is 0.289 e. The van der Waals surface area contributed by atoms with Crippen LogP contribution >= 0.6 is 23.2 Å². The minimum absolute atomic E-state index is 0.139. The second kappa shape index (κ2) is 11.5. The summed E-state index contributed by atoms with van der Waals surface area (Å²) in [6, 6.07) is 20.9. The number of sulfonamides is 1. The maximum Gasteiger partial charge on any atom is 0.289 e. The summed E-state index contributed by atoms with van der Waals surface area (Å²) in [5.74, 6) is -0.0520. The molecule has 0 bridgehead atoms. The Balaban J connectivity index is 1.53. The normalized spacial score (nSPS) is 11.4. The van der Waals surface area contributed by atoms with E-state index in [1.807, 2.05) is 0 Å². The van der Waals surface area contributed by atoms with Crippen LogP contribution in [0.2, 0.25) is 10.0 Å². The number of halogens is 2. The van der Waals surface area contributed by atoms with Gasteiger partial charge in [0.25, 0.3) is 21.6 Å². The number of nitro benzene ring substituents is 1. The predicted molar refractivity (Wildman–Crippen MR) is 144 cm³/mol. The predicted octanol–water partition coefficient (Wildman–Crippen LogP) is 5.51. The molecule has 1 aromatic heterocycles. The van der Waals surface area contributed by atoms with Crippen molar-refractivity contribution in [3.8, 4) is 11.3 Å². The first-order chi connectivity index (χ1) is 18.2. The Labute approximate surface area is 227 Å². The number of benzene rings is 3. The van der Waals surface area contributed by atoms with E-state index in [2.05, 4.69) is 10.5 Å². The van der Waals surface area contributed by atoms with Crippen molar-refractivity contribution in [3.05, 3.63) is 111 Å². The number of hydrogen-bond acceptors (Lipinski definition) is 7. The van der Waals surface area contributed by atoms with Gasteiger partial charge in [0.2, 0.25) is 0 Å². The van der Waals surface area contributed by atoms with E-state index in [0.717, 1.165) is 16.4 Å². The van der Waals surface area contributed by atoms with E-state index < -0.39 is 38.0 Å².